The number of pyridine rings is 1. The molecule has 0 atom stereocenters. The molecular formula is C50H29N5O2. The van der Waals surface area contributed by atoms with Crippen LogP contribution in [0.1, 0.15) is 0 Å². The van der Waals surface area contributed by atoms with Crippen molar-refractivity contribution in [3.05, 3.63) is 176 Å². The van der Waals surface area contributed by atoms with Gasteiger partial charge in [0.25, 0.3) is 0 Å². The van der Waals surface area contributed by atoms with E-state index in [0.29, 0.717) is 17.5 Å². The summed E-state index contributed by atoms with van der Waals surface area (Å²) in [6.45, 7) is 0. The summed E-state index contributed by atoms with van der Waals surface area (Å²) >= 11 is 0. The average Bonchev–Trinajstić information content (AvgIpc) is 3.96. The number of hydrogen-bond acceptors (Lipinski definition) is 6. The number of furan rings is 2. The van der Waals surface area contributed by atoms with Gasteiger partial charge in [-0.1, -0.05) is 121 Å². The Balaban J connectivity index is 1.04. The molecule has 0 bridgehead atoms. The third-order valence-electron chi connectivity index (χ3n) is 11.0. The van der Waals surface area contributed by atoms with Crippen LogP contribution in [0.5, 0.6) is 0 Å². The van der Waals surface area contributed by atoms with E-state index in [4.69, 9.17) is 23.8 Å². The zero-order valence-electron chi connectivity index (χ0n) is 30.3. The van der Waals surface area contributed by atoms with E-state index in [1.165, 1.54) is 10.8 Å². The predicted octanol–water partition coefficient (Wildman–Crippen LogP) is 12.8. The Bertz CT molecular complexity index is 3490. The largest absolute Gasteiger partial charge is 0.456 e. The lowest BCUT2D eigenvalue weighted by atomic mass is 10.0. The van der Waals surface area contributed by atoms with Gasteiger partial charge >= 0.3 is 0 Å². The molecule has 12 aromatic rings. The second kappa shape index (κ2) is 12.3. The van der Waals surface area contributed by atoms with Gasteiger partial charge in [0.15, 0.2) is 17.5 Å². The lowest BCUT2D eigenvalue weighted by molar-refractivity contribution is 0.668. The molecule has 7 aromatic carbocycles. The van der Waals surface area contributed by atoms with Gasteiger partial charge in [0.2, 0.25) is 0 Å². The third kappa shape index (κ3) is 4.92. The van der Waals surface area contributed by atoms with Crippen LogP contribution in [0.15, 0.2) is 185 Å². The molecule has 0 spiro atoms. The highest BCUT2D eigenvalue weighted by Gasteiger charge is 2.20. The van der Waals surface area contributed by atoms with E-state index in [0.717, 1.165) is 88.4 Å². The minimum atomic E-state index is 0.547. The lowest BCUT2D eigenvalue weighted by Crippen LogP contribution is -2.01. The first-order valence-electron chi connectivity index (χ1n) is 18.9. The first kappa shape index (κ1) is 31.5. The lowest BCUT2D eigenvalue weighted by Gasteiger charge is -2.12. The molecule has 5 aromatic heterocycles. The summed E-state index contributed by atoms with van der Waals surface area (Å²) in [5, 5.41) is 6.44. The van der Waals surface area contributed by atoms with Gasteiger partial charge in [0, 0.05) is 72.7 Å². The number of nitrogens with zero attached hydrogens (tertiary/aromatic N) is 5. The van der Waals surface area contributed by atoms with Crippen molar-refractivity contribution in [3.8, 4) is 51.0 Å². The topological polar surface area (TPSA) is 82.8 Å². The molecular weight excluding hydrogens is 703 g/mol. The molecule has 0 unspecified atom stereocenters. The van der Waals surface area contributed by atoms with Gasteiger partial charge < -0.3 is 13.4 Å². The van der Waals surface area contributed by atoms with Crippen LogP contribution >= 0.6 is 0 Å². The molecule has 5 heterocycles. The molecule has 0 saturated heterocycles. The van der Waals surface area contributed by atoms with Crippen molar-refractivity contribution in [3.63, 3.8) is 0 Å². The van der Waals surface area contributed by atoms with Crippen LogP contribution in [0, 0.1) is 0 Å². The van der Waals surface area contributed by atoms with E-state index in [1.807, 2.05) is 48.7 Å². The highest BCUT2D eigenvalue weighted by atomic mass is 16.3. The number of fused-ring (bicyclic) bond motifs is 9. The van der Waals surface area contributed by atoms with Crippen LogP contribution in [0.4, 0.5) is 0 Å². The van der Waals surface area contributed by atoms with Crippen LogP contribution < -0.4 is 0 Å². The van der Waals surface area contributed by atoms with E-state index in [-0.39, 0.29) is 0 Å². The van der Waals surface area contributed by atoms with Gasteiger partial charge in [-0.15, -0.1) is 0 Å². The third-order valence-corrected chi connectivity index (χ3v) is 11.0. The van der Waals surface area contributed by atoms with E-state index >= 15 is 0 Å². The first-order valence-corrected chi connectivity index (χ1v) is 18.9. The Morgan fingerprint density at radius 2 is 1.02 bits per heavy atom. The second-order valence-electron chi connectivity index (χ2n) is 14.2. The van der Waals surface area contributed by atoms with Gasteiger partial charge in [-0.25, -0.2) is 15.0 Å². The van der Waals surface area contributed by atoms with Crippen molar-refractivity contribution in [2.45, 2.75) is 0 Å². The minimum absolute atomic E-state index is 0.547. The van der Waals surface area contributed by atoms with Gasteiger partial charge in [-0.3, -0.25) is 4.98 Å². The number of rotatable bonds is 5. The normalized spacial score (nSPS) is 11.9. The fourth-order valence-corrected chi connectivity index (χ4v) is 8.37. The summed E-state index contributed by atoms with van der Waals surface area (Å²) in [6, 6.07) is 56.2. The molecule has 0 amide bonds. The zero-order valence-corrected chi connectivity index (χ0v) is 30.3. The van der Waals surface area contributed by atoms with Crippen molar-refractivity contribution in [1.29, 1.82) is 0 Å². The Morgan fingerprint density at radius 1 is 0.404 bits per heavy atom. The second-order valence-corrected chi connectivity index (χ2v) is 14.2. The SMILES string of the molecule is c1cc(-c2nc(-c3ccc(-c4cccc5c4oc4ccccc45)cc3)nc(-c3cccc4oc5ccncc5c34)n2)cc(-n2c3ccccc3c3ccccc32)c1. The molecule has 7 nitrogen and oxygen atoms in total. The summed E-state index contributed by atoms with van der Waals surface area (Å²) in [5.74, 6) is 1.68. The molecule has 0 N–H and O–H groups in total. The molecule has 7 heteroatoms. The van der Waals surface area contributed by atoms with Gasteiger partial charge in [0.05, 0.1) is 11.0 Å². The number of aromatic nitrogens is 5. The molecule has 0 aliphatic carbocycles. The molecule has 0 aliphatic rings. The molecule has 0 fully saturated rings. The number of para-hydroxylation sites is 4. The van der Waals surface area contributed by atoms with Crippen LogP contribution in [0.25, 0.3) is 117 Å². The maximum Gasteiger partial charge on any atom is 0.164 e. The Kier molecular flexibility index (Phi) is 6.79. The monoisotopic (exact) mass is 731 g/mol. The fourth-order valence-electron chi connectivity index (χ4n) is 8.37. The standard InChI is InChI=1S/C50H29N5O2/c1-4-18-41-35(12-1)36-13-2-5-19-42(36)55(41)33-11-7-10-32(28-33)49-52-48(53-50(54-49)39-17-9-21-45-46(39)40-29-51-27-26-44(40)56-45)31-24-22-30(23-25-31)34-15-8-16-38-37-14-3-6-20-43(37)57-47(34)38/h1-29H. The Labute approximate surface area is 325 Å². The zero-order chi connectivity index (χ0) is 37.5. The maximum atomic E-state index is 6.38. The van der Waals surface area contributed by atoms with Crippen LogP contribution in [0.2, 0.25) is 0 Å². The molecule has 12 rings (SSSR count). The fraction of sp³-hybridized carbons (Fsp3) is 0. The Hall–Kier alpha value is -7.90. The molecule has 0 aliphatic heterocycles. The minimum Gasteiger partial charge on any atom is -0.456 e. The maximum absolute atomic E-state index is 6.38. The van der Waals surface area contributed by atoms with E-state index in [9.17, 15) is 0 Å². The molecule has 0 radical (unpaired) electrons. The number of hydrogen-bond donors (Lipinski definition) is 0. The molecule has 0 saturated carbocycles. The van der Waals surface area contributed by atoms with E-state index in [2.05, 4.69) is 131 Å². The molecule has 266 valence electrons. The summed E-state index contributed by atoms with van der Waals surface area (Å²) in [5.41, 5.74) is 11.2. The van der Waals surface area contributed by atoms with Crippen molar-refractivity contribution in [2.75, 3.05) is 0 Å². The predicted molar refractivity (Wildman–Crippen MR) is 228 cm³/mol. The van der Waals surface area contributed by atoms with Crippen molar-refractivity contribution in [2.24, 2.45) is 0 Å². The van der Waals surface area contributed by atoms with Crippen molar-refractivity contribution in [1.82, 2.24) is 24.5 Å². The van der Waals surface area contributed by atoms with Crippen LogP contribution in [0.3, 0.4) is 0 Å². The van der Waals surface area contributed by atoms with Crippen LogP contribution in [-0.2, 0) is 0 Å². The highest BCUT2D eigenvalue weighted by Crippen LogP contribution is 2.39. The van der Waals surface area contributed by atoms with Gasteiger partial charge in [-0.05, 0) is 48.0 Å². The van der Waals surface area contributed by atoms with Gasteiger partial charge in [-0.2, -0.15) is 0 Å². The number of benzene rings is 7. The van der Waals surface area contributed by atoms with Crippen molar-refractivity contribution >= 4 is 65.7 Å². The highest BCUT2D eigenvalue weighted by molar-refractivity contribution is 6.12. The van der Waals surface area contributed by atoms with Gasteiger partial charge in [0.1, 0.15) is 22.3 Å². The summed E-state index contributed by atoms with van der Waals surface area (Å²) in [4.78, 5) is 20.0. The average molecular weight is 732 g/mol. The van der Waals surface area contributed by atoms with Crippen molar-refractivity contribution < 1.29 is 8.83 Å². The summed E-state index contributed by atoms with van der Waals surface area (Å²) in [7, 11) is 0. The van der Waals surface area contributed by atoms with E-state index in [1.54, 1.807) is 6.20 Å². The first-order chi connectivity index (χ1) is 28.2. The summed E-state index contributed by atoms with van der Waals surface area (Å²) in [6.07, 6.45) is 3.58. The van der Waals surface area contributed by atoms with E-state index < -0.39 is 0 Å². The Morgan fingerprint density at radius 3 is 1.84 bits per heavy atom. The summed E-state index contributed by atoms with van der Waals surface area (Å²) < 4.78 is 14.9. The molecule has 57 heavy (non-hydrogen) atoms. The smallest absolute Gasteiger partial charge is 0.164 e. The van der Waals surface area contributed by atoms with Crippen LogP contribution in [-0.4, -0.2) is 24.5 Å². The quantitative estimate of drug-likeness (QED) is 0.175.